The number of amides is 3. The van der Waals surface area contributed by atoms with Crippen molar-refractivity contribution in [2.24, 2.45) is 0 Å². The molecule has 46 heavy (non-hydrogen) atoms. The highest BCUT2D eigenvalue weighted by Gasteiger charge is 2.35. The summed E-state index contributed by atoms with van der Waals surface area (Å²) >= 11 is 0. The largest absolute Gasteiger partial charge is 0.493 e. The number of ether oxygens (including phenoxy) is 3. The smallest absolute Gasteiger partial charge is 0.270 e. The number of fused-ring (bicyclic) bond motifs is 6. The van der Waals surface area contributed by atoms with Crippen molar-refractivity contribution in [3.63, 3.8) is 0 Å². The highest BCUT2D eigenvalue weighted by Crippen LogP contribution is 2.33. The minimum atomic E-state index is -0.599. The third-order valence-electron chi connectivity index (χ3n) is 8.15. The number of carbonyl (C=O) groups is 3. The molecule has 1 N–H and O–H groups in total. The van der Waals surface area contributed by atoms with Crippen molar-refractivity contribution in [3.8, 4) is 17.2 Å². The number of hydrogen-bond donors (Lipinski definition) is 1. The summed E-state index contributed by atoms with van der Waals surface area (Å²) in [6, 6.07) is 17.0. The molecule has 2 aromatic heterocycles. The van der Waals surface area contributed by atoms with Crippen LogP contribution in [0.3, 0.4) is 0 Å². The van der Waals surface area contributed by atoms with E-state index in [1.807, 2.05) is 25.1 Å². The highest BCUT2D eigenvalue weighted by atomic mass is 16.5. The Morgan fingerprint density at radius 2 is 1.96 bits per heavy atom. The van der Waals surface area contributed by atoms with Crippen molar-refractivity contribution in [3.05, 3.63) is 100 Å². The van der Waals surface area contributed by atoms with Gasteiger partial charge in [0.15, 0.2) is 11.5 Å². The molecule has 4 bridgehead atoms. The summed E-state index contributed by atoms with van der Waals surface area (Å²) in [7, 11) is 1.52. The summed E-state index contributed by atoms with van der Waals surface area (Å²) in [5, 5.41) is 3.06. The third-order valence-corrected chi connectivity index (χ3v) is 8.15. The maximum Gasteiger partial charge on any atom is 0.270 e. The van der Waals surface area contributed by atoms with Gasteiger partial charge < -0.3 is 29.3 Å². The van der Waals surface area contributed by atoms with Crippen LogP contribution in [0.4, 0.5) is 0 Å². The molecule has 1 saturated heterocycles. The van der Waals surface area contributed by atoms with E-state index >= 15 is 0 Å². The summed E-state index contributed by atoms with van der Waals surface area (Å²) in [6.07, 6.45) is 3.32. The molecule has 2 aliphatic rings. The lowest BCUT2D eigenvalue weighted by molar-refractivity contribution is -0.124. The first kappa shape index (κ1) is 30.8. The number of methoxy groups -OCH3 is 1. The van der Waals surface area contributed by atoms with Crippen LogP contribution < -0.4 is 20.3 Å². The molecule has 0 aliphatic carbocycles. The average molecular weight is 626 g/mol. The van der Waals surface area contributed by atoms with Gasteiger partial charge in [0.2, 0.25) is 5.91 Å². The standard InChI is InChI=1S/C34H35N5O7/c1-3-13-37-20-31(40)36-26-12-15-38(33(42)25-18-35-30-9-4-5-14-39(30)34(25)43)19-29(26)45-21-22-7-6-8-24(16-22)46-28-17-23(32(37)41)10-11-27(28)44-2/h4-11,14,16-18,26,29H,3,12-13,15,19-21H2,1-2H3,(H,36,40)/t26-,29-/m0/s1. The fourth-order valence-corrected chi connectivity index (χ4v) is 5.83. The molecule has 2 aliphatic heterocycles. The van der Waals surface area contributed by atoms with Crippen LogP contribution in [0.5, 0.6) is 17.2 Å². The number of likely N-dealkylation sites (tertiary alicyclic amines) is 1. The molecule has 1 fully saturated rings. The first-order valence-corrected chi connectivity index (χ1v) is 15.3. The second-order valence-electron chi connectivity index (χ2n) is 11.3. The van der Waals surface area contributed by atoms with Gasteiger partial charge in [-0.3, -0.25) is 23.6 Å². The SMILES string of the molecule is CCCN1CC(=O)N[C@H]2CCN(C(=O)c3cnc4ccccn4c3=O)C[C@@H]2OCc2cccc(c2)Oc2cc(ccc2OC)C1=O. The number of nitrogens with one attached hydrogen (secondary N) is 1. The van der Waals surface area contributed by atoms with Crippen molar-refractivity contribution < 1.29 is 28.6 Å². The first-order chi connectivity index (χ1) is 22.3. The van der Waals surface area contributed by atoms with Crippen LogP contribution in [-0.2, 0) is 16.1 Å². The lowest BCUT2D eigenvalue weighted by Gasteiger charge is -2.39. The minimum absolute atomic E-state index is 0.0448. The number of aromatic nitrogens is 2. The number of nitrogens with zero attached hydrogens (tertiary/aromatic N) is 4. The second kappa shape index (κ2) is 13.4. The summed E-state index contributed by atoms with van der Waals surface area (Å²) < 4.78 is 19.4. The molecule has 0 saturated carbocycles. The van der Waals surface area contributed by atoms with E-state index in [-0.39, 0.29) is 43.6 Å². The predicted molar refractivity (Wildman–Crippen MR) is 168 cm³/mol. The number of piperidine rings is 1. The van der Waals surface area contributed by atoms with Crippen LogP contribution >= 0.6 is 0 Å². The molecular weight excluding hydrogens is 590 g/mol. The summed E-state index contributed by atoms with van der Waals surface area (Å²) in [5.74, 6) is 0.234. The molecule has 2 atom stereocenters. The minimum Gasteiger partial charge on any atom is -0.493 e. The van der Waals surface area contributed by atoms with Gasteiger partial charge in [0.25, 0.3) is 17.4 Å². The molecule has 12 heteroatoms. The molecular formula is C34H35N5O7. The number of pyridine rings is 1. The Kier molecular flexibility index (Phi) is 8.97. The predicted octanol–water partition coefficient (Wildman–Crippen LogP) is 3.28. The average Bonchev–Trinajstić information content (AvgIpc) is 3.07. The lowest BCUT2D eigenvalue weighted by Crippen LogP contribution is -2.57. The van der Waals surface area contributed by atoms with Gasteiger partial charge in [-0.1, -0.05) is 25.1 Å². The summed E-state index contributed by atoms with van der Waals surface area (Å²) in [5.41, 5.74) is 1.11. The van der Waals surface area contributed by atoms with Crippen LogP contribution in [0.1, 0.15) is 46.0 Å². The van der Waals surface area contributed by atoms with Gasteiger partial charge in [0.05, 0.1) is 32.4 Å². The van der Waals surface area contributed by atoms with E-state index in [4.69, 9.17) is 14.2 Å². The molecule has 4 aromatic rings. The Bertz CT molecular complexity index is 1840. The molecule has 12 nitrogen and oxygen atoms in total. The Morgan fingerprint density at radius 3 is 2.78 bits per heavy atom. The summed E-state index contributed by atoms with van der Waals surface area (Å²) in [4.78, 5) is 61.1. The third kappa shape index (κ3) is 6.43. The summed E-state index contributed by atoms with van der Waals surface area (Å²) in [6.45, 7) is 2.76. The van der Waals surface area contributed by atoms with Gasteiger partial charge in [0, 0.05) is 37.6 Å². The van der Waals surface area contributed by atoms with Crippen LogP contribution in [0.2, 0.25) is 0 Å². The fourth-order valence-electron chi connectivity index (χ4n) is 5.83. The van der Waals surface area contributed by atoms with Gasteiger partial charge >= 0.3 is 0 Å². The van der Waals surface area contributed by atoms with Gasteiger partial charge in [-0.25, -0.2) is 4.98 Å². The van der Waals surface area contributed by atoms with Gasteiger partial charge in [0.1, 0.15) is 17.0 Å². The highest BCUT2D eigenvalue weighted by molar-refractivity contribution is 5.97. The van der Waals surface area contributed by atoms with Gasteiger partial charge in [-0.15, -0.1) is 0 Å². The van der Waals surface area contributed by atoms with E-state index in [0.717, 1.165) is 5.56 Å². The number of hydrogen-bond acceptors (Lipinski definition) is 8. The Labute approximate surface area is 265 Å². The molecule has 4 heterocycles. The maximum absolute atomic E-state index is 13.6. The number of rotatable bonds is 4. The van der Waals surface area contributed by atoms with E-state index in [0.29, 0.717) is 47.8 Å². The first-order valence-electron chi connectivity index (χ1n) is 15.3. The molecule has 0 radical (unpaired) electrons. The maximum atomic E-state index is 13.6. The van der Waals surface area contributed by atoms with Crippen molar-refractivity contribution in [2.75, 3.05) is 33.3 Å². The normalized spacial score (nSPS) is 18.8. The topological polar surface area (TPSA) is 132 Å². The zero-order chi connectivity index (χ0) is 32.2. The molecule has 238 valence electrons. The van der Waals surface area contributed by atoms with Crippen LogP contribution in [0.15, 0.2) is 77.9 Å². The lowest BCUT2D eigenvalue weighted by atomic mass is 10.0. The Balaban J connectivity index is 1.30. The van der Waals surface area contributed by atoms with Gasteiger partial charge in [-0.2, -0.15) is 0 Å². The fraction of sp³-hybridized carbons (Fsp3) is 0.324. The van der Waals surface area contributed by atoms with Gasteiger partial charge in [-0.05, 0) is 60.9 Å². The van der Waals surface area contributed by atoms with E-state index in [1.54, 1.807) is 53.6 Å². The van der Waals surface area contributed by atoms with Crippen molar-refractivity contribution in [2.45, 2.75) is 38.5 Å². The number of benzene rings is 2. The second-order valence-corrected chi connectivity index (χ2v) is 11.3. The molecule has 0 spiro atoms. The zero-order valence-corrected chi connectivity index (χ0v) is 25.7. The quantitative estimate of drug-likeness (QED) is 0.366. The van der Waals surface area contributed by atoms with Crippen molar-refractivity contribution in [1.29, 1.82) is 0 Å². The van der Waals surface area contributed by atoms with Crippen LogP contribution in [0.25, 0.3) is 5.65 Å². The monoisotopic (exact) mass is 625 g/mol. The Hall–Kier alpha value is -5.23. The van der Waals surface area contributed by atoms with E-state index in [9.17, 15) is 19.2 Å². The molecule has 3 amide bonds. The molecule has 2 aromatic carbocycles. The van der Waals surface area contributed by atoms with Crippen molar-refractivity contribution in [1.82, 2.24) is 24.5 Å². The molecule has 6 rings (SSSR count). The Morgan fingerprint density at radius 1 is 1.09 bits per heavy atom. The van der Waals surface area contributed by atoms with Crippen molar-refractivity contribution >= 4 is 23.4 Å². The van der Waals surface area contributed by atoms with E-state index in [2.05, 4.69) is 10.3 Å². The van der Waals surface area contributed by atoms with E-state index in [1.165, 1.54) is 22.6 Å². The number of carbonyl (C=O) groups excluding carboxylic acids is 3. The van der Waals surface area contributed by atoms with Crippen LogP contribution in [-0.4, -0.2) is 82.3 Å². The van der Waals surface area contributed by atoms with Crippen LogP contribution in [0, 0.1) is 0 Å². The zero-order valence-electron chi connectivity index (χ0n) is 25.7. The van der Waals surface area contributed by atoms with E-state index < -0.39 is 23.6 Å². The molecule has 0 unspecified atom stereocenters.